The third kappa shape index (κ3) is 5.30. The van der Waals surface area contributed by atoms with Crippen LogP contribution in [0.15, 0.2) is 42.5 Å². The predicted molar refractivity (Wildman–Crippen MR) is 126 cm³/mol. The smallest absolute Gasteiger partial charge is 0.251 e. The van der Waals surface area contributed by atoms with E-state index in [-0.39, 0.29) is 36.0 Å². The maximum atomic E-state index is 13.5. The molecule has 1 aliphatic carbocycles. The average molecular weight is 465 g/mol. The molecule has 0 radical (unpaired) electrons. The molecule has 3 aromatic rings. The Balaban J connectivity index is 1.57. The van der Waals surface area contributed by atoms with Gasteiger partial charge in [0, 0.05) is 17.3 Å². The lowest BCUT2D eigenvalue weighted by Gasteiger charge is -2.30. The second kappa shape index (κ2) is 10.1. The number of carbonyl (C=O) groups is 2. The standard InChI is InChI=1S/C25H29FN6O2/c1-16-8-13-22(17(2)14-16)32(18(3)25(34)27-21-6-4-5-7-21)23(33)15-31-29-24(28-30-31)19-9-11-20(26)12-10-19/h8-14,18,21H,4-7,15H2,1-3H3,(H,27,34). The molecule has 8 nitrogen and oxygen atoms in total. The highest BCUT2D eigenvalue weighted by Gasteiger charge is 2.31. The number of benzene rings is 2. The van der Waals surface area contributed by atoms with Gasteiger partial charge in [-0.1, -0.05) is 30.5 Å². The number of halogens is 1. The van der Waals surface area contributed by atoms with Crippen LogP contribution in [0.2, 0.25) is 0 Å². The number of amides is 2. The Morgan fingerprint density at radius 3 is 2.53 bits per heavy atom. The summed E-state index contributed by atoms with van der Waals surface area (Å²) in [5, 5.41) is 15.3. The molecule has 1 fully saturated rings. The SMILES string of the molecule is Cc1ccc(N(C(=O)Cn2nnc(-c3ccc(F)cc3)n2)C(C)C(=O)NC2CCCC2)c(C)c1. The van der Waals surface area contributed by atoms with Crippen LogP contribution in [0.3, 0.4) is 0 Å². The zero-order valence-electron chi connectivity index (χ0n) is 19.7. The Kier molecular flexibility index (Phi) is 7.00. The first-order chi connectivity index (χ1) is 16.3. The van der Waals surface area contributed by atoms with Crippen molar-refractivity contribution in [3.8, 4) is 11.4 Å². The van der Waals surface area contributed by atoms with Crippen LogP contribution < -0.4 is 10.2 Å². The molecule has 0 saturated heterocycles. The number of aryl methyl sites for hydroxylation is 2. The van der Waals surface area contributed by atoms with E-state index < -0.39 is 6.04 Å². The number of carbonyl (C=O) groups excluding carboxylic acids is 2. The second-order valence-corrected chi connectivity index (χ2v) is 8.87. The molecule has 1 heterocycles. The molecule has 1 saturated carbocycles. The number of nitrogens with one attached hydrogen (secondary N) is 1. The van der Waals surface area contributed by atoms with E-state index in [2.05, 4.69) is 20.7 Å². The lowest BCUT2D eigenvalue weighted by atomic mass is 10.1. The molecule has 1 N–H and O–H groups in total. The van der Waals surface area contributed by atoms with E-state index in [0.29, 0.717) is 11.3 Å². The molecule has 1 aromatic heterocycles. The highest BCUT2D eigenvalue weighted by molar-refractivity contribution is 6.01. The largest absolute Gasteiger partial charge is 0.352 e. The van der Waals surface area contributed by atoms with Gasteiger partial charge < -0.3 is 5.32 Å². The summed E-state index contributed by atoms with van der Waals surface area (Å²) in [4.78, 5) is 29.3. The van der Waals surface area contributed by atoms with Crippen molar-refractivity contribution in [2.45, 2.75) is 65.1 Å². The second-order valence-electron chi connectivity index (χ2n) is 8.87. The lowest BCUT2D eigenvalue weighted by Crippen LogP contribution is -2.51. The maximum absolute atomic E-state index is 13.5. The lowest BCUT2D eigenvalue weighted by molar-refractivity contribution is -0.127. The topological polar surface area (TPSA) is 93.0 Å². The number of tetrazole rings is 1. The number of hydrogen-bond donors (Lipinski definition) is 1. The molecule has 2 aromatic carbocycles. The Labute approximate surface area is 198 Å². The fraction of sp³-hybridized carbons (Fsp3) is 0.400. The quantitative estimate of drug-likeness (QED) is 0.577. The van der Waals surface area contributed by atoms with Crippen LogP contribution in [0.1, 0.15) is 43.7 Å². The summed E-state index contributed by atoms with van der Waals surface area (Å²) >= 11 is 0. The molecular formula is C25H29FN6O2. The summed E-state index contributed by atoms with van der Waals surface area (Å²) in [6, 6.07) is 10.9. The van der Waals surface area contributed by atoms with E-state index in [9.17, 15) is 14.0 Å². The first kappa shape index (κ1) is 23.5. The number of rotatable bonds is 7. The fourth-order valence-electron chi connectivity index (χ4n) is 4.37. The monoisotopic (exact) mass is 464 g/mol. The van der Waals surface area contributed by atoms with Crippen LogP contribution in [0.25, 0.3) is 11.4 Å². The predicted octanol–water partition coefficient (Wildman–Crippen LogP) is 3.58. The van der Waals surface area contributed by atoms with Gasteiger partial charge in [-0.05, 0) is 74.7 Å². The van der Waals surface area contributed by atoms with Crippen LogP contribution in [-0.2, 0) is 16.1 Å². The molecule has 1 atom stereocenters. The number of aromatic nitrogens is 4. The van der Waals surface area contributed by atoms with Crippen LogP contribution in [-0.4, -0.2) is 44.1 Å². The zero-order valence-corrected chi connectivity index (χ0v) is 19.7. The van der Waals surface area contributed by atoms with Gasteiger partial charge in [0.1, 0.15) is 18.4 Å². The molecule has 0 aliphatic heterocycles. The molecule has 1 unspecified atom stereocenters. The van der Waals surface area contributed by atoms with E-state index >= 15 is 0 Å². The maximum Gasteiger partial charge on any atom is 0.251 e. The number of hydrogen-bond acceptors (Lipinski definition) is 5. The molecule has 2 amide bonds. The third-order valence-corrected chi connectivity index (χ3v) is 6.18. The van der Waals surface area contributed by atoms with Crippen LogP contribution in [0.5, 0.6) is 0 Å². The van der Waals surface area contributed by atoms with Gasteiger partial charge in [0.15, 0.2) is 0 Å². The minimum Gasteiger partial charge on any atom is -0.352 e. The van der Waals surface area contributed by atoms with E-state index in [1.807, 2.05) is 32.0 Å². The van der Waals surface area contributed by atoms with Crippen molar-refractivity contribution >= 4 is 17.5 Å². The van der Waals surface area contributed by atoms with Crippen molar-refractivity contribution in [1.82, 2.24) is 25.5 Å². The van der Waals surface area contributed by atoms with Gasteiger partial charge in [0.05, 0.1) is 0 Å². The van der Waals surface area contributed by atoms with Crippen molar-refractivity contribution in [2.75, 3.05) is 4.90 Å². The normalized spacial score (nSPS) is 14.7. The average Bonchev–Trinajstić information content (AvgIpc) is 3.48. The summed E-state index contributed by atoms with van der Waals surface area (Å²) in [5.74, 6) is -0.582. The summed E-state index contributed by atoms with van der Waals surface area (Å²) in [5.41, 5.74) is 3.23. The highest BCUT2D eigenvalue weighted by atomic mass is 19.1. The molecular weight excluding hydrogens is 435 g/mol. The van der Waals surface area contributed by atoms with Gasteiger partial charge in [0.2, 0.25) is 11.7 Å². The minimum absolute atomic E-state index is 0.154. The minimum atomic E-state index is -0.713. The third-order valence-electron chi connectivity index (χ3n) is 6.18. The van der Waals surface area contributed by atoms with Crippen LogP contribution >= 0.6 is 0 Å². The molecule has 0 spiro atoms. The summed E-state index contributed by atoms with van der Waals surface area (Å²) in [6.45, 7) is 5.45. The van der Waals surface area contributed by atoms with Crippen molar-refractivity contribution in [3.63, 3.8) is 0 Å². The van der Waals surface area contributed by atoms with Crippen LogP contribution in [0.4, 0.5) is 10.1 Å². The fourth-order valence-corrected chi connectivity index (χ4v) is 4.37. The summed E-state index contributed by atoms with van der Waals surface area (Å²) in [6.07, 6.45) is 4.14. The van der Waals surface area contributed by atoms with Gasteiger partial charge in [-0.2, -0.15) is 4.80 Å². The zero-order chi connectivity index (χ0) is 24.2. The van der Waals surface area contributed by atoms with Gasteiger partial charge >= 0.3 is 0 Å². The van der Waals surface area contributed by atoms with Gasteiger partial charge in [-0.15, -0.1) is 10.2 Å². The Morgan fingerprint density at radius 2 is 1.85 bits per heavy atom. The first-order valence-electron chi connectivity index (χ1n) is 11.6. The number of nitrogens with zero attached hydrogens (tertiary/aromatic N) is 5. The van der Waals surface area contributed by atoms with E-state index in [1.54, 1.807) is 19.1 Å². The van der Waals surface area contributed by atoms with E-state index in [1.165, 1.54) is 21.8 Å². The Hall–Kier alpha value is -3.62. The molecule has 34 heavy (non-hydrogen) atoms. The molecule has 9 heteroatoms. The van der Waals surface area contributed by atoms with Gasteiger partial charge in [-0.25, -0.2) is 4.39 Å². The van der Waals surface area contributed by atoms with Crippen molar-refractivity contribution in [3.05, 3.63) is 59.4 Å². The van der Waals surface area contributed by atoms with Crippen molar-refractivity contribution < 1.29 is 14.0 Å². The Morgan fingerprint density at radius 1 is 1.15 bits per heavy atom. The van der Waals surface area contributed by atoms with Gasteiger partial charge in [0.25, 0.3) is 5.91 Å². The van der Waals surface area contributed by atoms with E-state index in [0.717, 1.165) is 36.8 Å². The van der Waals surface area contributed by atoms with Crippen molar-refractivity contribution in [1.29, 1.82) is 0 Å². The highest BCUT2D eigenvalue weighted by Crippen LogP contribution is 2.25. The molecule has 178 valence electrons. The molecule has 0 bridgehead atoms. The first-order valence-corrected chi connectivity index (χ1v) is 11.6. The molecule has 1 aliphatic rings. The van der Waals surface area contributed by atoms with Gasteiger partial charge in [-0.3, -0.25) is 14.5 Å². The number of anilines is 1. The summed E-state index contributed by atoms with van der Waals surface area (Å²) in [7, 11) is 0. The van der Waals surface area contributed by atoms with Crippen LogP contribution in [0, 0.1) is 19.7 Å². The Bertz CT molecular complexity index is 1170. The summed E-state index contributed by atoms with van der Waals surface area (Å²) < 4.78 is 13.2. The molecule has 4 rings (SSSR count). The van der Waals surface area contributed by atoms with E-state index in [4.69, 9.17) is 0 Å². The van der Waals surface area contributed by atoms with Crippen molar-refractivity contribution in [2.24, 2.45) is 0 Å².